The lowest BCUT2D eigenvalue weighted by Gasteiger charge is -1.81. The van der Waals surface area contributed by atoms with E-state index in [-0.39, 0.29) is 0 Å². The quantitative estimate of drug-likeness (QED) is 0.431. The molecule has 0 aromatic carbocycles. The minimum Gasteiger partial charge on any atom is -0.196 e. The van der Waals surface area contributed by atoms with Gasteiger partial charge in [-0.25, -0.2) is 0 Å². The van der Waals surface area contributed by atoms with Gasteiger partial charge in [0.05, 0.1) is 0 Å². The van der Waals surface area contributed by atoms with Gasteiger partial charge >= 0.3 is 0 Å². The smallest absolute Gasteiger partial charge is 0.196 e. The molecule has 0 rings (SSSR count). The highest BCUT2D eigenvalue weighted by molar-refractivity contribution is 7.06. The molecule has 5 heavy (non-hydrogen) atoms. The van der Waals surface area contributed by atoms with Gasteiger partial charge in [0.2, 0.25) is 6.13 Å². The molecule has 0 radical (unpaired) electrons. The van der Waals surface area contributed by atoms with Crippen LogP contribution in [0.5, 0.6) is 0 Å². The number of hydrogen-bond acceptors (Lipinski definition) is 0. The third-order valence-corrected chi connectivity index (χ3v) is 0.871. The molecule has 0 aromatic heterocycles. The van der Waals surface area contributed by atoms with Crippen LogP contribution in [-0.4, -0.2) is 6.13 Å². The summed E-state index contributed by atoms with van der Waals surface area (Å²) in [4.78, 5) is 0. The van der Waals surface area contributed by atoms with Crippen LogP contribution < -0.4 is 0 Å². The molecule has 2 heteroatoms. The summed E-state index contributed by atoms with van der Waals surface area (Å²) in [6, 6.07) is 0. The Bertz CT molecular complexity index is 20.9. The molecule has 0 unspecified atom stereocenters. The van der Waals surface area contributed by atoms with Crippen molar-refractivity contribution in [3.05, 3.63) is 0 Å². The van der Waals surface area contributed by atoms with Crippen LogP contribution in [0.3, 0.4) is 0 Å². The first-order valence-corrected chi connectivity index (χ1v) is 2.35. The van der Waals surface area contributed by atoms with Gasteiger partial charge in [0, 0.05) is 0 Å². The summed E-state index contributed by atoms with van der Waals surface area (Å²) in [5.74, 6) is 0. The minimum atomic E-state index is 0.356. The summed E-state index contributed by atoms with van der Waals surface area (Å²) < 4.78 is 0. The van der Waals surface area contributed by atoms with Crippen LogP contribution >= 0.6 is 11.5 Å². The summed E-state index contributed by atoms with van der Waals surface area (Å²) in [5, 5.41) is 0. The van der Waals surface area contributed by atoms with Crippen molar-refractivity contribution >= 4 is 17.6 Å². The van der Waals surface area contributed by atoms with Gasteiger partial charge in [0.25, 0.3) is 0 Å². The van der Waals surface area contributed by atoms with Crippen LogP contribution in [0.25, 0.3) is 0 Å². The van der Waals surface area contributed by atoms with Gasteiger partial charge in [-0.3, -0.25) is 0 Å². The summed E-state index contributed by atoms with van der Waals surface area (Å²) in [6.45, 7) is 4.05. The van der Waals surface area contributed by atoms with Crippen molar-refractivity contribution in [1.82, 2.24) is 0 Å². The molecule has 0 bridgehead atoms. The predicted octanol–water partition coefficient (Wildman–Crippen LogP) is 1.87. The molecule has 0 saturated heterocycles. The largest absolute Gasteiger partial charge is 0.247 e. The van der Waals surface area contributed by atoms with Crippen molar-refractivity contribution in [2.24, 2.45) is 0 Å². The van der Waals surface area contributed by atoms with Crippen LogP contribution in [0.2, 0.25) is 13.1 Å². The molecular formula is C3H8BCl. The molecule has 0 fully saturated rings. The lowest BCUT2D eigenvalue weighted by Crippen LogP contribution is -1.87. The van der Waals surface area contributed by atoms with Gasteiger partial charge in [-0.2, -0.15) is 11.5 Å². The summed E-state index contributed by atoms with van der Waals surface area (Å²) in [5.41, 5.74) is 0. The van der Waals surface area contributed by atoms with Crippen molar-refractivity contribution in [2.75, 3.05) is 0 Å². The van der Waals surface area contributed by atoms with E-state index in [1.165, 1.54) is 0 Å². The van der Waals surface area contributed by atoms with E-state index in [9.17, 15) is 0 Å². The first-order valence-electron chi connectivity index (χ1n) is 1.91. The van der Waals surface area contributed by atoms with Crippen molar-refractivity contribution in [1.29, 1.82) is 0 Å². The molecule has 0 aliphatic heterocycles. The second-order valence-electron chi connectivity index (χ2n) is 1.19. The predicted molar refractivity (Wildman–Crippen MR) is 28.0 cm³/mol. The van der Waals surface area contributed by atoms with Crippen LogP contribution in [-0.2, 0) is 0 Å². The Hall–Kier alpha value is 0.355. The van der Waals surface area contributed by atoms with Gasteiger partial charge in [0.1, 0.15) is 0 Å². The zero-order valence-electron chi connectivity index (χ0n) is 3.66. The second-order valence-corrected chi connectivity index (χ2v) is 1.93. The molecular weight excluding hydrogens is 82.3 g/mol. The summed E-state index contributed by atoms with van der Waals surface area (Å²) in [7, 11) is 0. The Balaban J connectivity index is 2.54. The molecule has 0 saturated carbocycles. The molecule has 0 N–H and O–H groups in total. The topological polar surface area (TPSA) is 0 Å². The number of hydrogen-bond donors (Lipinski definition) is 0. The van der Waals surface area contributed by atoms with Gasteiger partial charge in [-0.05, 0) is 0 Å². The Morgan fingerprint density at radius 1 is 1.80 bits per heavy atom. The lowest BCUT2D eigenvalue weighted by molar-refractivity contribution is 1.44. The van der Waals surface area contributed by atoms with E-state index >= 15 is 0 Å². The molecule has 0 nitrogen and oxygen atoms in total. The van der Waals surface area contributed by atoms with E-state index in [0.29, 0.717) is 6.13 Å². The molecule has 0 aliphatic carbocycles. The highest BCUT2D eigenvalue weighted by Crippen LogP contribution is 1.91. The van der Waals surface area contributed by atoms with Gasteiger partial charge in [-0.15, -0.1) is 0 Å². The fourth-order valence-corrected chi connectivity index (χ4v) is 0. The monoisotopic (exact) mass is 90.0 g/mol. The van der Waals surface area contributed by atoms with E-state index in [4.69, 9.17) is 11.5 Å². The van der Waals surface area contributed by atoms with Gasteiger partial charge < -0.3 is 0 Å². The maximum Gasteiger partial charge on any atom is 0.247 e. The standard InChI is InChI=1S/C3H8BCl/c1-3-4(2)5/h3H2,1-2H3. The molecule has 0 atom stereocenters. The average molecular weight is 90.4 g/mol. The third-order valence-electron chi connectivity index (χ3n) is 0.563. The Morgan fingerprint density at radius 2 is 2.00 bits per heavy atom. The van der Waals surface area contributed by atoms with Crippen LogP contribution in [0.15, 0.2) is 0 Å². The Morgan fingerprint density at radius 3 is 2.00 bits per heavy atom. The Kier molecular flexibility index (Phi) is 2.77. The number of rotatable bonds is 1. The summed E-state index contributed by atoms with van der Waals surface area (Å²) >= 11 is 5.46. The molecule has 0 amide bonds. The number of halogens is 1. The fourth-order valence-electron chi connectivity index (χ4n) is 0. The van der Waals surface area contributed by atoms with Crippen molar-refractivity contribution < 1.29 is 0 Å². The maximum atomic E-state index is 5.46. The first-order chi connectivity index (χ1) is 2.27. The highest BCUT2D eigenvalue weighted by atomic mass is 35.5. The van der Waals surface area contributed by atoms with Crippen LogP contribution in [0, 0.1) is 0 Å². The first kappa shape index (κ1) is 5.35. The average Bonchev–Trinajstić information content (AvgIpc) is 1.38. The van der Waals surface area contributed by atoms with Crippen molar-refractivity contribution in [3.8, 4) is 0 Å². The normalized spacial score (nSPS) is 7.80. The van der Waals surface area contributed by atoms with Crippen LogP contribution in [0.1, 0.15) is 6.92 Å². The van der Waals surface area contributed by atoms with E-state index in [0.717, 1.165) is 6.32 Å². The van der Waals surface area contributed by atoms with Crippen molar-refractivity contribution in [3.63, 3.8) is 0 Å². The van der Waals surface area contributed by atoms with Gasteiger partial charge in [0.15, 0.2) is 0 Å². The SMILES string of the molecule is CCB(C)Cl. The maximum absolute atomic E-state index is 5.46. The van der Waals surface area contributed by atoms with Crippen molar-refractivity contribution in [2.45, 2.75) is 20.1 Å². The molecule has 0 heterocycles. The van der Waals surface area contributed by atoms with E-state index in [1.807, 2.05) is 6.82 Å². The third kappa shape index (κ3) is 4.35. The molecule has 0 spiro atoms. The lowest BCUT2D eigenvalue weighted by atomic mass is 9.77. The molecule has 0 aromatic rings. The highest BCUT2D eigenvalue weighted by Gasteiger charge is 1.91. The van der Waals surface area contributed by atoms with E-state index in [1.54, 1.807) is 0 Å². The molecule has 30 valence electrons. The summed E-state index contributed by atoms with van der Waals surface area (Å²) in [6.07, 6.45) is 1.43. The fraction of sp³-hybridized carbons (Fsp3) is 1.00. The van der Waals surface area contributed by atoms with Gasteiger partial charge in [-0.1, -0.05) is 20.1 Å². The minimum absolute atomic E-state index is 0.356. The van der Waals surface area contributed by atoms with E-state index in [2.05, 4.69) is 6.92 Å². The molecule has 0 aliphatic rings. The zero-order chi connectivity index (χ0) is 4.28. The second kappa shape index (κ2) is 2.58. The van der Waals surface area contributed by atoms with E-state index < -0.39 is 0 Å². The zero-order valence-corrected chi connectivity index (χ0v) is 4.42. The Labute approximate surface area is 38.5 Å². The van der Waals surface area contributed by atoms with Crippen LogP contribution in [0.4, 0.5) is 0 Å².